The van der Waals surface area contributed by atoms with E-state index in [1.165, 1.54) is 5.56 Å². The largest absolute Gasteiger partial charge is 0.357 e. The Labute approximate surface area is 134 Å². The molecule has 0 bridgehead atoms. The summed E-state index contributed by atoms with van der Waals surface area (Å²) < 4.78 is 2.05. The van der Waals surface area contributed by atoms with E-state index in [-0.39, 0.29) is 0 Å². The lowest BCUT2D eigenvalue weighted by Crippen LogP contribution is -2.55. The van der Waals surface area contributed by atoms with E-state index >= 15 is 0 Å². The number of nitrogens with zero attached hydrogens (tertiary/aromatic N) is 4. The van der Waals surface area contributed by atoms with Crippen LogP contribution in [-0.4, -0.2) is 73.2 Å². The first-order valence-corrected chi connectivity index (χ1v) is 8.10. The van der Waals surface area contributed by atoms with Gasteiger partial charge in [0, 0.05) is 58.2 Å². The van der Waals surface area contributed by atoms with E-state index in [4.69, 9.17) is 0 Å². The van der Waals surface area contributed by atoms with Gasteiger partial charge >= 0.3 is 0 Å². The van der Waals surface area contributed by atoms with Crippen LogP contribution in [0.15, 0.2) is 23.5 Å². The maximum Gasteiger partial charge on any atom is 0.191 e. The summed E-state index contributed by atoms with van der Waals surface area (Å²) in [4.78, 5) is 9.49. The van der Waals surface area contributed by atoms with E-state index in [1.54, 1.807) is 0 Å². The van der Waals surface area contributed by atoms with E-state index in [0.29, 0.717) is 12.6 Å². The molecule has 0 saturated carbocycles. The summed E-state index contributed by atoms with van der Waals surface area (Å²) in [5.41, 5.74) is 1.23. The molecule has 1 aliphatic rings. The number of nitrogens with one attached hydrogen (secondary N) is 2. The van der Waals surface area contributed by atoms with Crippen LogP contribution >= 0.6 is 0 Å². The number of piperazine rings is 1. The average Bonchev–Trinajstić information content (AvgIpc) is 2.91. The van der Waals surface area contributed by atoms with Gasteiger partial charge in [0.25, 0.3) is 0 Å². The normalized spacial score (nSPS) is 21.1. The molecule has 0 spiro atoms. The molecule has 0 aromatic carbocycles. The summed E-state index contributed by atoms with van der Waals surface area (Å²) in [5.74, 6) is 0.896. The summed E-state index contributed by atoms with van der Waals surface area (Å²) in [7, 11) is 6.42. The van der Waals surface area contributed by atoms with Gasteiger partial charge in [-0.1, -0.05) is 0 Å². The second-order valence-electron chi connectivity index (χ2n) is 6.16. The van der Waals surface area contributed by atoms with Gasteiger partial charge in [0.2, 0.25) is 0 Å². The number of hydrogen-bond acceptors (Lipinski definition) is 3. The minimum absolute atomic E-state index is 0.527. The summed E-state index contributed by atoms with van der Waals surface area (Å²) in [6.07, 6.45) is 4.16. The molecule has 1 aromatic heterocycles. The highest BCUT2D eigenvalue weighted by molar-refractivity contribution is 5.79. The van der Waals surface area contributed by atoms with Crippen molar-refractivity contribution in [3.8, 4) is 0 Å². The fourth-order valence-corrected chi connectivity index (χ4v) is 2.70. The minimum atomic E-state index is 0.527. The lowest BCUT2D eigenvalue weighted by molar-refractivity contribution is 0.116. The number of aryl methyl sites for hydroxylation is 1. The number of rotatable bonds is 5. The zero-order valence-corrected chi connectivity index (χ0v) is 14.3. The second-order valence-corrected chi connectivity index (χ2v) is 6.16. The first-order chi connectivity index (χ1) is 10.6. The van der Waals surface area contributed by atoms with Gasteiger partial charge in [0.05, 0.1) is 6.54 Å². The monoisotopic (exact) mass is 306 g/mol. The maximum absolute atomic E-state index is 4.67. The Morgan fingerprint density at radius 1 is 1.27 bits per heavy atom. The van der Waals surface area contributed by atoms with Crippen molar-refractivity contribution in [1.29, 1.82) is 0 Å². The molecule has 6 heteroatoms. The highest BCUT2D eigenvalue weighted by atomic mass is 15.3. The second kappa shape index (κ2) is 8.19. The van der Waals surface area contributed by atoms with Gasteiger partial charge in [0.1, 0.15) is 0 Å². The van der Waals surface area contributed by atoms with E-state index in [2.05, 4.69) is 69.5 Å². The molecule has 1 aliphatic heterocycles. The van der Waals surface area contributed by atoms with E-state index in [1.807, 2.05) is 7.05 Å². The first-order valence-electron chi connectivity index (χ1n) is 8.10. The van der Waals surface area contributed by atoms with Crippen LogP contribution in [0.3, 0.4) is 0 Å². The molecule has 1 fully saturated rings. The fourth-order valence-electron chi connectivity index (χ4n) is 2.70. The fraction of sp³-hybridized carbons (Fsp3) is 0.688. The van der Waals surface area contributed by atoms with Gasteiger partial charge in [-0.15, -0.1) is 0 Å². The average molecular weight is 306 g/mol. The maximum atomic E-state index is 4.67. The Bertz CT molecular complexity index is 481. The molecule has 0 radical (unpaired) electrons. The number of guanidine groups is 1. The van der Waals surface area contributed by atoms with Crippen molar-refractivity contribution in [1.82, 2.24) is 25.0 Å². The van der Waals surface area contributed by atoms with E-state index < -0.39 is 0 Å². The first kappa shape index (κ1) is 16.8. The van der Waals surface area contributed by atoms with E-state index in [9.17, 15) is 0 Å². The van der Waals surface area contributed by atoms with Gasteiger partial charge < -0.3 is 20.1 Å². The van der Waals surface area contributed by atoms with Crippen molar-refractivity contribution in [2.75, 3.05) is 46.8 Å². The lowest BCUT2D eigenvalue weighted by atomic mass is 10.2. The van der Waals surface area contributed by atoms with Gasteiger partial charge in [-0.25, -0.2) is 4.99 Å². The molecule has 1 saturated heterocycles. The van der Waals surface area contributed by atoms with Crippen LogP contribution in [0.1, 0.15) is 12.5 Å². The van der Waals surface area contributed by atoms with Crippen molar-refractivity contribution in [2.24, 2.45) is 12.0 Å². The summed E-state index contributed by atoms with van der Waals surface area (Å²) in [5, 5.41) is 6.81. The number of aromatic nitrogens is 1. The number of hydrogen-bond donors (Lipinski definition) is 2. The molecule has 22 heavy (non-hydrogen) atoms. The van der Waals surface area contributed by atoms with Gasteiger partial charge in [-0.05, 0) is 32.6 Å². The third kappa shape index (κ3) is 5.03. The molecule has 2 N–H and O–H groups in total. The molecule has 2 rings (SSSR count). The third-order valence-electron chi connectivity index (χ3n) is 4.14. The summed E-state index contributed by atoms with van der Waals surface area (Å²) in [6, 6.07) is 2.64. The molecule has 0 aliphatic carbocycles. The number of likely N-dealkylation sites (N-methyl/N-ethyl adjacent to an activating group) is 2. The van der Waals surface area contributed by atoms with Crippen molar-refractivity contribution < 1.29 is 0 Å². The van der Waals surface area contributed by atoms with Gasteiger partial charge in [-0.3, -0.25) is 4.90 Å². The zero-order valence-electron chi connectivity index (χ0n) is 14.3. The molecule has 1 aromatic rings. The SMILES string of the molecule is CCNC(=NCc1ccn(C)c1)NCC1CN(C)CCN1C. The summed E-state index contributed by atoms with van der Waals surface area (Å²) in [6.45, 7) is 7.97. The predicted octanol–water partition coefficient (Wildman–Crippen LogP) is 0.326. The topological polar surface area (TPSA) is 47.8 Å². The van der Waals surface area contributed by atoms with Crippen LogP contribution in [0, 0.1) is 0 Å². The quantitative estimate of drug-likeness (QED) is 0.608. The molecular formula is C16H30N6. The standard InChI is InChI=1S/C16H30N6/c1-5-17-16(18-10-14-6-7-20(2)12-14)19-11-15-13-21(3)8-9-22(15)4/h6-7,12,15H,5,8-11,13H2,1-4H3,(H2,17,18,19). The Hall–Kier alpha value is -1.53. The smallest absolute Gasteiger partial charge is 0.191 e. The highest BCUT2D eigenvalue weighted by Crippen LogP contribution is 2.05. The van der Waals surface area contributed by atoms with Crippen LogP contribution in [0.5, 0.6) is 0 Å². The Kier molecular flexibility index (Phi) is 6.27. The van der Waals surface area contributed by atoms with E-state index in [0.717, 1.165) is 38.7 Å². The molecule has 2 heterocycles. The van der Waals surface area contributed by atoms with Gasteiger partial charge in [0.15, 0.2) is 5.96 Å². The number of aliphatic imine (C=N–C) groups is 1. The van der Waals surface area contributed by atoms with Crippen LogP contribution in [0.25, 0.3) is 0 Å². The van der Waals surface area contributed by atoms with Crippen LogP contribution < -0.4 is 10.6 Å². The Morgan fingerprint density at radius 3 is 2.77 bits per heavy atom. The Balaban J connectivity index is 1.87. The highest BCUT2D eigenvalue weighted by Gasteiger charge is 2.21. The summed E-state index contributed by atoms with van der Waals surface area (Å²) >= 11 is 0. The van der Waals surface area contributed by atoms with Crippen molar-refractivity contribution in [3.63, 3.8) is 0 Å². The van der Waals surface area contributed by atoms with Crippen LogP contribution in [0.2, 0.25) is 0 Å². The lowest BCUT2D eigenvalue weighted by Gasteiger charge is -2.37. The molecule has 1 unspecified atom stereocenters. The predicted molar refractivity (Wildman–Crippen MR) is 92.1 cm³/mol. The molecule has 0 amide bonds. The molecule has 124 valence electrons. The zero-order chi connectivity index (χ0) is 15.9. The van der Waals surface area contributed by atoms with Crippen molar-refractivity contribution in [2.45, 2.75) is 19.5 Å². The van der Waals surface area contributed by atoms with Crippen LogP contribution in [0.4, 0.5) is 0 Å². The van der Waals surface area contributed by atoms with Crippen molar-refractivity contribution >= 4 is 5.96 Å². The Morgan fingerprint density at radius 2 is 2.09 bits per heavy atom. The van der Waals surface area contributed by atoms with Crippen molar-refractivity contribution in [3.05, 3.63) is 24.0 Å². The minimum Gasteiger partial charge on any atom is -0.357 e. The third-order valence-corrected chi connectivity index (χ3v) is 4.14. The molecule has 6 nitrogen and oxygen atoms in total. The van der Waals surface area contributed by atoms with Crippen LogP contribution in [-0.2, 0) is 13.6 Å². The van der Waals surface area contributed by atoms with Gasteiger partial charge in [-0.2, -0.15) is 0 Å². The molecular weight excluding hydrogens is 276 g/mol. The molecule has 1 atom stereocenters.